The van der Waals surface area contributed by atoms with Crippen LogP contribution in [0.1, 0.15) is 46.4 Å². The summed E-state index contributed by atoms with van der Waals surface area (Å²) in [6.45, 7) is 5.84. The van der Waals surface area contributed by atoms with E-state index in [0.717, 1.165) is 17.5 Å². The molecule has 0 saturated carbocycles. The number of aryl methyl sites for hydroxylation is 2. The number of carbonyl (C=O) groups is 1. The Kier molecular flexibility index (Phi) is 6.57. The molecule has 0 aliphatic carbocycles. The van der Waals surface area contributed by atoms with E-state index >= 15 is 0 Å². The first-order valence-corrected chi connectivity index (χ1v) is 11.3. The predicted octanol–water partition coefficient (Wildman–Crippen LogP) is 4.99. The van der Waals surface area contributed by atoms with Crippen LogP contribution in [0, 0.1) is 13.8 Å². The highest BCUT2D eigenvalue weighted by molar-refractivity contribution is 7.92. The number of hydrogen-bond donors (Lipinski definition) is 2. The molecule has 30 heavy (non-hydrogen) atoms. The molecule has 0 bridgehead atoms. The minimum absolute atomic E-state index is 0.0877. The van der Waals surface area contributed by atoms with Gasteiger partial charge in [-0.25, -0.2) is 8.42 Å². The molecule has 2 N–H and O–H groups in total. The number of amides is 1. The Labute approximate surface area is 178 Å². The lowest BCUT2D eigenvalue weighted by Crippen LogP contribution is -2.28. The summed E-state index contributed by atoms with van der Waals surface area (Å²) < 4.78 is 27.7. The molecule has 0 aromatic heterocycles. The van der Waals surface area contributed by atoms with Crippen LogP contribution in [-0.4, -0.2) is 14.3 Å². The van der Waals surface area contributed by atoms with E-state index in [1.807, 2.05) is 38.1 Å². The molecule has 0 fully saturated rings. The Hall–Kier alpha value is -3.12. The molecule has 3 aromatic rings. The monoisotopic (exact) mass is 422 g/mol. The minimum Gasteiger partial charge on any atom is -0.345 e. The molecule has 0 aliphatic heterocycles. The molecule has 5 nitrogen and oxygen atoms in total. The third-order valence-electron chi connectivity index (χ3n) is 5.06. The van der Waals surface area contributed by atoms with Gasteiger partial charge in [0.2, 0.25) is 0 Å². The van der Waals surface area contributed by atoms with E-state index in [-0.39, 0.29) is 16.8 Å². The van der Waals surface area contributed by atoms with Crippen LogP contribution in [0.25, 0.3) is 0 Å². The van der Waals surface area contributed by atoms with Crippen LogP contribution < -0.4 is 10.0 Å². The van der Waals surface area contributed by atoms with Crippen molar-refractivity contribution >= 4 is 21.6 Å². The molecule has 0 heterocycles. The molecule has 156 valence electrons. The van der Waals surface area contributed by atoms with E-state index in [0.29, 0.717) is 16.8 Å². The van der Waals surface area contributed by atoms with Crippen LogP contribution in [0.4, 0.5) is 5.69 Å². The van der Waals surface area contributed by atoms with Crippen LogP contribution in [-0.2, 0) is 10.0 Å². The summed E-state index contributed by atoms with van der Waals surface area (Å²) in [6, 6.07) is 21.1. The van der Waals surface area contributed by atoms with Crippen molar-refractivity contribution in [1.82, 2.24) is 5.32 Å². The molecule has 0 spiro atoms. The van der Waals surface area contributed by atoms with Crippen molar-refractivity contribution in [1.29, 1.82) is 0 Å². The number of hydrogen-bond acceptors (Lipinski definition) is 3. The van der Waals surface area contributed by atoms with Gasteiger partial charge in [0.25, 0.3) is 15.9 Å². The third kappa shape index (κ3) is 4.89. The van der Waals surface area contributed by atoms with Crippen molar-refractivity contribution in [3.8, 4) is 0 Å². The Morgan fingerprint density at radius 3 is 2.20 bits per heavy atom. The van der Waals surface area contributed by atoms with E-state index in [4.69, 9.17) is 0 Å². The lowest BCUT2D eigenvalue weighted by Gasteiger charge is -2.20. The molecular weight excluding hydrogens is 396 g/mol. The van der Waals surface area contributed by atoms with Crippen molar-refractivity contribution in [3.05, 3.63) is 95.1 Å². The van der Waals surface area contributed by atoms with Crippen molar-refractivity contribution in [2.75, 3.05) is 4.72 Å². The smallest absolute Gasteiger partial charge is 0.261 e. The molecule has 0 radical (unpaired) electrons. The topological polar surface area (TPSA) is 75.3 Å². The molecule has 1 atom stereocenters. The highest BCUT2D eigenvalue weighted by Crippen LogP contribution is 2.23. The van der Waals surface area contributed by atoms with Gasteiger partial charge in [0.1, 0.15) is 0 Å². The van der Waals surface area contributed by atoms with Crippen LogP contribution in [0.5, 0.6) is 0 Å². The highest BCUT2D eigenvalue weighted by atomic mass is 32.2. The second-order valence-electron chi connectivity index (χ2n) is 7.24. The molecule has 1 amide bonds. The van der Waals surface area contributed by atoms with Gasteiger partial charge < -0.3 is 5.32 Å². The van der Waals surface area contributed by atoms with Gasteiger partial charge in [-0.1, -0.05) is 49.4 Å². The van der Waals surface area contributed by atoms with Crippen LogP contribution in [0.3, 0.4) is 0 Å². The van der Waals surface area contributed by atoms with E-state index in [2.05, 4.69) is 10.0 Å². The van der Waals surface area contributed by atoms with Gasteiger partial charge in [0.05, 0.1) is 16.6 Å². The van der Waals surface area contributed by atoms with Gasteiger partial charge in [-0.2, -0.15) is 0 Å². The first-order valence-electron chi connectivity index (χ1n) is 9.86. The van der Waals surface area contributed by atoms with E-state index in [1.165, 1.54) is 12.1 Å². The van der Waals surface area contributed by atoms with Crippen molar-refractivity contribution < 1.29 is 13.2 Å². The van der Waals surface area contributed by atoms with E-state index < -0.39 is 10.0 Å². The summed E-state index contributed by atoms with van der Waals surface area (Å²) in [5.74, 6) is -0.189. The number of rotatable bonds is 7. The Balaban J connectivity index is 1.78. The Morgan fingerprint density at radius 2 is 1.57 bits per heavy atom. The second-order valence-corrected chi connectivity index (χ2v) is 8.92. The predicted molar refractivity (Wildman–Crippen MR) is 120 cm³/mol. The standard InChI is InChI=1S/C24H26N2O3S/c1-4-22(21-13-9-8-10-17(21)2)25-24(27)19-14-15-23(18(3)16-19)26-30(28,29)20-11-6-5-7-12-20/h5-16,22,26H,4H2,1-3H3,(H,25,27)/t22-/m0/s1. The van der Waals surface area contributed by atoms with E-state index in [1.54, 1.807) is 43.3 Å². The SMILES string of the molecule is CC[C@H](NC(=O)c1ccc(NS(=O)(=O)c2ccccc2)c(C)c1)c1ccccc1C. The van der Waals surface area contributed by atoms with Gasteiger partial charge in [-0.3, -0.25) is 9.52 Å². The second kappa shape index (κ2) is 9.13. The first kappa shape index (κ1) is 21.6. The summed E-state index contributed by atoms with van der Waals surface area (Å²) in [5, 5.41) is 3.08. The van der Waals surface area contributed by atoms with Crippen LogP contribution >= 0.6 is 0 Å². The van der Waals surface area contributed by atoms with Gasteiger partial charge in [0, 0.05) is 5.56 Å². The number of nitrogens with one attached hydrogen (secondary N) is 2. The summed E-state index contributed by atoms with van der Waals surface area (Å²) in [4.78, 5) is 13.0. The van der Waals surface area contributed by atoms with Gasteiger partial charge >= 0.3 is 0 Å². The molecule has 0 saturated heterocycles. The molecule has 6 heteroatoms. The number of anilines is 1. The van der Waals surface area contributed by atoms with Crippen molar-refractivity contribution in [3.63, 3.8) is 0 Å². The largest absolute Gasteiger partial charge is 0.345 e. The zero-order chi connectivity index (χ0) is 21.7. The molecule has 0 aliphatic rings. The third-order valence-corrected chi connectivity index (χ3v) is 6.45. The van der Waals surface area contributed by atoms with Gasteiger partial charge in [0.15, 0.2) is 0 Å². The molecule has 0 unspecified atom stereocenters. The minimum atomic E-state index is -3.68. The summed E-state index contributed by atoms with van der Waals surface area (Å²) in [5.41, 5.74) is 3.83. The summed E-state index contributed by atoms with van der Waals surface area (Å²) in [6.07, 6.45) is 0.768. The quantitative estimate of drug-likeness (QED) is 0.563. The maximum Gasteiger partial charge on any atom is 0.261 e. The average molecular weight is 423 g/mol. The Morgan fingerprint density at radius 1 is 0.900 bits per heavy atom. The number of benzene rings is 3. The average Bonchev–Trinajstić information content (AvgIpc) is 2.74. The summed E-state index contributed by atoms with van der Waals surface area (Å²) >= 11 is 0. The Bertz CT molecular complexity index is 1140. The fraction of sp³-hybridized carbons (Fsp3) is 0.208. The fourth-order valence-corrected chi connectivity index (χ4v) is 4.49. The normalized spacial score (nSPS) is 12.2. The first-order chi connectivity index (χ1) is 14.3. The molecule has 3 rings (SSSR count). The number of sulfonamides is 1. The number of carbonyl (C=O) groups excluding carboxylic acids is 1. The zero-order valence-corrected chi connectivity index (χ0v) is 18.2. The summed E-state index contributed by atoms with van der Waals surface area (Å²) in [7, 11) is -3.68. The molecular formula is C24H26N2O3S. The van der Waals surface area contributed by atoms with Crippen molar-refractivity contribution in [2.24, 2.45) is 0 Å². The van der Waals surface area contributed by atoms with Crippen LogP contribution in [0.15, 0.2) is 77.7 Å². The maximum atomic E-state index is 12.8. The highest BCUT2D eigenvalue weighted by Gasteiger charge is 2.18. The van der Waals surface area contributed by atoms with Crippen molar-refractivity contribution in [2.45, 2.75) is 38.1 Å². The van der Waals surface area contributed by atoms with Gasteiger partial charge in [-0.05, 0) is 67.3 Å². The lowest BCUT2D eigenvalue weighted by atomic mass is 9.99. The van der Waals surface area contributed by atoms with E-state index in [9.17, 15) is 13.2 Å². The van der Waals surface area contributed by atoms with Gasteiger partial charge in [-0.15, -0.1) is 0 Å². The zero-order valence-electron chi connectivity index (χ0n) is 17.3. The maximum absolute atomic E-state index is 12.8. The molecule has 3 aromatic carbocycles. The van der Waals surface area contributed by atoms with Crippen LogP contribution in [0.2, 0.25) is 0 Å². The lowest BCUT2D eigenvalue weighted by molar-refractivity contribution is 0.0935. The fourth-order valence-electron chi connectivity index (χ4n) is 3.34.